The molecule has 1 unspecified atom stereocenters. The van der Waals surface area contributed by atoms with E-state index in [1.165, 1.54) is 37.7 Å². The van der Waals surface area contributed by atoms with Gasteiger partial charge in [-0.2, -0.15) is 5.10 Å². The summed E-state index contributed by atoms with van der Waals surface area (Å²) in [6.45, 7) is 1.80. The molecule has 0 amide bonds. The third kappa shape index (κ3) is 3.88. The second-order valence-corrected chi connectivity index (χ2v) is 7.54. The van der Waals surface area contributed by atoms with E-state index in [-0.39, 0.29) is 6.10 Å². The summed E-state index contributed by atoms with van der Waals surface area (Å²) in [5, 5.41) is 8.46. The molecule has 5 nitrogen and oxygen atoms in total. The fourth-order valence-corrected chi connectivity index (χ4v) is 4.24. The molecule has 2 fully saturated rings. The number of nitrogens with zero attached hydrogens (tertiary/aromatic N) is 4. The second-order valence-electron chi connectivity index (χ2n) is 7.54. The van der Waals surface area contributed by atoms with Crippen molar-refractivity contribution in [3.8, 4) is 11.3 Å². The van der Waals surface area contributed by atoms with Gasteiger partial charge in [-0.05, 0) is 37.2 Å². The highest BCUT2D eigenvalue weighted by atomic mass is 16.5. The summed E-state index contributed by atoms with van der Waals surface area (Å²) in [5.74, 6) is 1.44. The van der Waals surface area contributed by atoms with Gasteiger partial charge in [0, 0.05) is 25.8 Å². The van der Waals surface area contributed by atoms with Crippen molar-refractivity contribution in [2.75, 3.05) is 25.1 Å². The predicted octanol–water partition coefficient (Wildman–Crippen LogP) is 4.20. The van der Waals surface area contributed by atoms with Gasteiger partial charge >= 0.3 is 0 Å². The van der Waals surface area contributed by atoms with Gasteiger partial charge in [0.15, 0.2) is 0 Å². The molecular weight excluding hydrogens is 324 g/mol. The van der Waals surface area contributed by atoms with Gasteiger partial charge in [-0.1, -0.05) is 43.5 Å². The largest absolute Gasteiger partial charge is 0.380 e. The van der Waals surface area contributed by atoms with Crippen molar-refractivity contribution in [2.45, 2.75) is 57.0 Å². The number of hydrogen-bond donors (Lipinski definition) is 0. The van der Waals surface area contributed by atoms with Crippen molar-refractivity contribution in [1.82, 2.24) is 15.2 Å². The first-order valence-corrected chi connectivity index (χ1v) is 9.91. The van der Waals surface area contributed by atoms with Crippen molar-refractivity contribution in [1.29, 1.82) is 0 Å². The minimum atomic E-state index is 0.255. The number of anilines is 1. The van der Waals surface area contributed by atoms with Crippen molar-refractivity contribution in [3.05, 3.63) is 36.0 Å². The number of methoxy groups -OCH3 is 1. The van der Waals surface area contributed by atoms with E-state index >= 15 is 0 Å². The third-order valence-corrected chi connectivity index (χ3v) is 5.83. The van der Waals surface area contributed by atoms with E-state index < -0.39 is 0 Å². The van der Waals surface area contributed by atoms with E-state index in [9.17, 15) is 0 Å². The molecule has 1 aromatic heterocycles. The maximum atomic E-state index is 5.51. The standard InChI is InChI=1S/C21H28N4O/c1-26-19-8-5-13-25(15-19)21-23-20(14-22-24-21)18-11-9-17(10-12-18)16-6-3-2-4-7-16/h9-12,14,16,19H,2-8,13,15H2,1H3. The monoisotopic (exact) mass is 352 g/mol. The van der Waals surface area contributed by atoms with Crippen LogP contribution >= 0.6 is 0 Å². The molecule has 2 heterocycles. The number of hydrogen-bond acceptors (Lipinski definition) is 5. The Balaban J connectivity index is 1.51. The van der Waals surface area contributed by atoms with Gasteiger partial charge in [-0.15, -0.1) is 5.10 Å². The Labute approximate surface area is 155 Å². The van der Waals surface area contributed by atoms with Gasteiger partial charge in [0.25, 0.3) is 0 Å². The quantitative estimate of drug-likeness (QED) is 0.825. The smallest absolute Gasteiger partial charge is 0.245 e. The van der Waals surface area contributed by atoms with Crippen LogP contribution in [0.3, 0.4) is 0 Å². The summed E-state index contributed by atoms with van der Waals surface area (Å²) >= 11 is 0. The molecule has 1 aliphatic heterocycles. The Morgan fingerprint density at radius 3 is 2.58 bits per heavy atom. The molecule has 1 saturated carbocycles. The van der Waals surface area contributed by atoms with E-state index in [0.29, 0.717) is 5.95 Å². The van der Waals surface area contributed by atoms with Gasteiger partial charge in [0.05, 0.1) is 18.0 Å². The van der Waals surface area contributed by atoms with Crippen molar-refractivity contribution in [3.63, 3.8) is 0 Å². The van der Waals surface area contributed by atoms with Crippen LogP contribution in [0.25, 0.3) is 11.3 Å². The van der Waals surface area contributed by atoms with Crippen LogP contribution in [0.1, 0.15) is 56.4 Å². The number of benzene rings is 1. The SMILES string of the molecule is COC1CCCN(c2nncc(-c3ccc(C4CCCCC4)cc3)n2)C1. The van der Waals surface area contributed by atoms with Crippen LogP contribution < -0.4 is 4.90 Å². The first kappa shape index (κ1) is 17.4. The van der Waals surface area contributed by atoms with Gasteiger partial charge < -0.3 is 9.64 Å². The Kier molecular flexibility index (Phi) is 5.44. The average molecular weight is 352 g/mol. The molecule has 5 heteroatoms. The average Bonchev–Trinajstić information content (AvgIpc) is 2.75. The molecular formula is C21H28N4O. The van der Waals surface area contributed by atoms with Gasteiger partial charge in [-0.25, -0.2) is 4.98 Å². The van der Waals surface area contributed by atoms with Crippen LogP contribution in [0.15, 0.2) is 30.5 Å². The molecule has 138 valence electrons. The van der Waals surface area contributed by atoms with Crippen molar-refractivity contribution < 1.29 is 4.74 Å². The zero-order valence-electron chi connectivity index (χ0n) is 15.6. The summed E-state index contributed by atoms with van der Waals surface area (Å²) in [6, 6.07) is 8.92. The molecule has 0 bridgehead atoms. The summed E-state index contributed by atoms with van der Waals surface area (Å²) in [7, 11) is 1.78. The summed E-state index contributed by atoms with van der Waals surface area (Å²) in [6.07, 6.45) is 11.0. The van der Waals surface area contributed by atoms with Gasteiger partial charge in [0.2, 0.25) is 5.95 Å². The minimum Gasteiger partial charge on any atom is -0.380 e. The van der Waals surface area contributed by atoms with E-state index in [1.807, 2.05) is 0 Å². The zero-order valence-corrected chi connectivity index (χ0v) is 15.6. The lowest BCUT2D eigenvalue weighted by molar-refractivity contribution is 0.0889. The van der Waals surface area contributed by atoms with Crippen LogP contribution in [-0.4, -0.2) is 41.5 Å². The third-order valence-electron chi connectivity index (χ3n) is 5.83. The van der Waals surface area contributed by atoms with Crippen molar-refractivity contribution in [2.24, 2.45) is 0 Å². The summed E-state index contributed by atoms with van der Waals surface area (Å²) in [5.41, 5.74) is 3.47. The van der Waals surface area contributed by atoms with Gasteiger partial charge in [0.1, 0.15) is 0 Å². The van der Waals surface area contributed by atoms with E-state index in [2.05, 4.69) is 39.4 Å². The molecule has 0 spiro atoms. The lowest BCUT2D eigenvalue weighted by Gasteiger charge is -2.31. The Hall–Kier alpha value is -2.01. The lowest BCUT2D eigenvalue weighted by Crippen LogP contribution is -2.40. The minimum absolute atomic E-state index is 0.255. The molecule has 4 rings (SSSR count). The first-order valence-electron chi connectivity index (χ1n) is 9.91. The maximum Gasteiger partial charge on any atom is 0.245 e. The molecule has 0 radical (unpaired) electrons. The number of rotatable bonds is 4. The Morgan fingerprint density at radius 1 is 1.00 bits per heavy atom. The number of piperidine rings is 1. The molecule has 2 aliphatic rings. The Bertz CT molecular complexity index is 712. The topological polar surface area (TPSA) is 51.1 Å². The highest BCUT2D eigenvalue weighted by Crippen LogP contribution is 2.33. The maximum absolute atomic E-state index is 5.51. The molecule has 1 aromatic carbocycles. The van der Waals surface area contributed by atoms with Gasteiger partial charge in [-0.3, -0.25) is 0 Å². The van der Waals surface area contributed by atoms with Crippen molar-refractivity contribution >= 4 is 5.95 Å². The van der Waals surface area contributed by atoms with E-state index in [0.717, 1.165) is 43.1 Å². The molecule has 2 aromatic rings. The van der Waals surface area contributed by atoms with Crippen LogP contribution in [0.5, 0.6) is 0 Å². The van der Waals surface area contributed by atoms with E-state index in [4.69, 9.17) is 9.72 Å². The number of ether oxygens (including phenoxy) is 1. The summed E-state index contributed by atoms with van der Waals surface area (Å²) < 4.78 is 5.51. The van der Waals surface area contributed by atoms with Crippen LogP contribution in [-0.2, 0) is 4.74 Å². The molecule has 1 saturated heterocycles. The fourth-order valence-electron chi connectivity index (χ4n) is 4.24. The normalized spacial score (nSPS) is 21.7. The highest BCUT2D eigenvalue weighted by Gasteiger charge is 2.22. The second kappa shape index (κ2) is 8.12. The molecule has 26 heavy (non-hydrogen) atoms. The van der Waals surface area contributed by atoms with Crippen LogP contribution in [0.4, 0.5) is 5.95 Å². The predicted molar refractivity (Wildman–Crippen MR) is 103 cm³/mol. The first-order chi connectivity index (χ1) is 12.8. The molecule has 1 atom stereocenters. The lowest BCUT2D eigenvalue weighted by atomic mass is 9.84. The summed E-state index contributed by atoms with van der Waals surface area (Å²) in [4.78, 5) is 6.96. The Morgan fingerprint density at radius 2 is 1.81 bits per heavy atom. The van der Waals surface area contributed by atoms with Crippen LogP contribution in [0.2, 0.25) is 0 Å². The van der Waals surface area contributed by atoms with Crippen LogP contribution in [0, 0.1) is 0 Å². The highest BCUT2D eigenvalue weighted by molar-refractivity contribution is 5.59. The zero-order chi connectivity index (χ0) is 17.8. The fraction of sp³-hybridized carbons (Fsp3) is 0.571. The number of aromatic nitrogens is 3. The molecule has 1 aliphatic carbocycles. The van der Waals surface area contributed by atoms with E-state index in [1.54, 1.807) is 13.3 Å². The molecule has 0 N–H and O–H groups in total.